The quantitative estimate of drug-likeness (QED) is 0.901. The Morgan fingerprint density at radius 2 is 1.68 bits per heavy atom. The molecule has 2 aromatic rings. The van der Waals surface area contributed by atoms with Gasteiger partial charge >= 0.3 is 0 Å². The van der Waals surface area contributed by atoms with E-state index in [0.717, 1.165) is 0 Å². The zero-order valence-electron chi connectivity index (χ0n) is 9.88. The number of hydrogen-bond donors (Lipinski definition) is 2. The fourth-order valence-corrected chi connectivity index (χ4v) is 2.53. The molecule has 0 spiro atoms. The van der Waals surface area contributed by atoms with Crippen LogP contribution >= 0.6 is 0 Å². The van der Waals surface area contributed by atoms with Gasteiger partial charge in [-0.05, 0) is 30.3 Å². The number of sulfonamides is 1. The summed E-state index contributed by atoms with van der Waals surface area (Å²) in [5.41, 5.74) is 0.268. The van der Waals surface area contributed by atoms with Crippen LogP contribution in [-0.2, 0) is 16.6 Å². The fourth-order valence-electron chi connectivity index (χ4n) is 1.52. The third-order valence-electron chi connectivity index (χ3n) is 2.56. The Hall–Kier alpha value is -1.92. The van der Waals surface area contributed by atoms with Crippen LogP contribution in [-0.4, -0.2) is 13.5 Å². The second-order valence-electron chi connectivity index (χ2n) is 3.91. The summed E-state index contributed by atoms with van der Waals surface area (Å²) in [4.78, 5) is 0.0154. The number of rotatable bonds is 4. The molecule has 2 aromatic carbocycles. The Morgan fingerprint density at radius 1 is 1.05 bits per heavy atom. The van der Waals surface area contributed by atoms with Crippen LogP contribution in [0.3, 0.4) is 0 Å². The number of phenolic OH excluding ortho intramolecular Hbond substituents is 1. The molecule has 0 aliphatic carbocycles. The maximum atomic E-state index is 13.4. The van der Waals surface area contributed by atoms with Crippen LogP contribution in [0.2, 0.25) is 0 Å². The van der Waals surface area contributed by atoms with E-state index in [1.165, 1.54) is 42.5 Å². The van der Waals surface area contributed by atoms with E-state index in [2.05, 4.69) is 4.72 Å². The first-order chi connectivity index (χ1) is 8.99. The third-order valence-corrected chi connectivity index (χ3v) is 3.97. The largest absolute Gasteiger partial charge is 0.508 e. The molecule has 6 heteroatoms. The fraction of sp³-hybridized carbons (Fsp3) is 0.0769. The minimum absolute atomic E-state index is 0.0154. The lowest BCUT2D eigenvalue weighted by Gasteiger charge is -2.07. The van der Waals surface area contributed by atoms with Crippen molar-refractivity contribution in [2.24, 2.45) is 0 Å². The van der Waals surface area contributed by atoms with Gasteiger partial charge in [-0.1, -0.05) is 18.2 Å². The summed E-state index contributed by atoms with van der Waals surface area (Å²) in [7, 11) is -3.72. The molecule has 0 saturated heterocycles. The van der Waals surface area contributed by atoms with Crippen molar-refractivity contribution in [2.75, 3.05) is 0 Å². The van der Waals surface area contributed by atoms with E-state index < -0.39 is 15.8 Å². The van der Waals surface area contributed by atoms with Crippen molar-refractivity contribution in [3.63, 3.8) is 0 Å². The van der Waals surface area contributed by atoms with E-state index in [-0.39, 0.29) is 22.8 Å². The standard InChI is InChI=1S/C13H12FNO3S/c14-13-4-2-1-3-10(13)9-15-19(17,18)12-7-5-11(16)6-8-12/h1-8,15-16H,9H2. The zero-order chi connectivity index (χ0) is 13.9. The van der Waals surface area contributed by atoms with Gasteiger partial charge in [0.15, 0.2) is 0 Å². The van der Waals surface area contributed by atoms with Crippen molar-refractivity contribution in [3.8, 4) is 5.75 Å². The molecule has 0 aliphatic rings. The van der Waals surface area contributed by atoms with Gasteiger partial charge in [-0.3, -0.25) is 0 Å². The van der Waals surface area contributed by atoms with E-state index in [9.17, 15) is 12.8 Å². The minimum Gasteiger partial charge on any atom is -0.508 e. The Morgan fingerprint density at radius 3 is 2.32 bits per heavy atom. The summed E-state index contributed by atoms with van der Waals surface area (Å²) in [5.74, 6) is -0.482. The number of benzene rings is 2. The molecule has 0 aromatic heterocycles. The van der Waals surface area contributed by atoms with Crippen molar-refractivity contribution in [1.82, 2.24) is 4.72 Å². The SMILES string of the molecule is O=S(=O)(NCc1ccccc1F)c1ccc(O)cc1. The number of nitrogens with one attached hydrogen (secondary N) is 1. The third kappa shape index (κ3) is 3.30. The van der Waals surface area contributed by atoms with Gasteiger partial charge in [0.25, 0.3) is 0 Å². The van der Waals surface area contributed by atoms with E-state index in [1.807, 2.05) is 0 Å². The second-order valence-corrected chi connectivity index (χ2v) is 5.68. The molecule has 2 N–H and O–H groups in total. The lowest BCUT2D eigenvalue weighted by molar-refractivity contribution is 0.474. The highest BCUT2D eigenvalue weighted by Crippen LogP contribution is 2.15. The summed E-state index contributed by atoms with van der Waals surface area (Å²) < 4.78 is 39.5. The van der Waals surface area contributed by atoms with Gasteiger partial charge in [0.1, 0.15) is 11.6 Å². The first-order valence-corrected chi connectivity index (χ1v) is 6.99. The van der Waals surface area contributed by atoms with Gasteiger partial charge in [-0.15, -0.1) is 0 Å². The van der Waals surface area contributed by atoms with Gasteiger partial charge in [-0.25, -0.2) is 17.5 Å². The Labute approximate surface area is 110 Å². The molecule has 19 heavy (non-hydrogen) atoms. The molecule has 0 atom stereocenters. The predicted molar refractivity (Wildman–Crippen MR) is 68.5 cm³/mol. The van der Waals surface area contributed by atoms with Crippen molar-refractivity contribution in [1.29, 1.82) is 0 Å². The van der Waals surface area contributed by atoms with Crippen molar-refractivity contribution in [2.45, 2.75) is 11.4 Å². The van der Waals surface area contributed by atoms with Crippen LogP contribution in [0, 0.1) is 5.82 Å². The summed E-state index contributed by atoms with van der Waals surface area (Å²) in [6.07, 6.45) is 0. The number of phenols is 1. The normalized spacial score (nSPS) is 11.4. The molecule has 0 amide bonds. The topological polar surface area (TPSA) is 66.4 Å². The highest BCUT2D eigenvalue weighted by molar-refractivity contribution is 7.89. The Kier molecular flexibility index (Phi) is 3.82. The Balaban J connectivity index is 2.14. The molecule has 2 rings (SSSR count). The van der Waals surface area contributed by atoms with E-state index in [0.29, 0.717) is 0 Å². The van der Waals surface area contributed by atoms with Crippen molar-refractivity contribution >= 4 is 10.0 Å². The maximum absolute atomic E-state index is 13.4. The van der Waals surface area contributed by atoms with E-state index in [4.69, 9.17) is 5.11 Å². The monoisotopic (exact) mass is 281 g/mol. The average Bonchev–Trinajstić information content (AvgIpc) is 2.38. The molecule has 4 nitrogen and oxygen atoms in total. The highest BCUT2D eigenvalue weighted by Gasteiger charge is 2.14. The van der Waals surface area contributed by atoms with Gasteiger partial charge in [-0.2, -0.15) is 0 Å². The predicted octanol–water partition coefficient (Wildman–Crippen LogP) is 2.01. The number of hydrogen-bond acceptors (Lipinski definition) is 3. The smallest absolute Gasteiger partial charge is 0.240 e. The molecular weight excluding hydrogens is 269 g/mol. The molecular formula is C13H12FNO3S. The molecule has 100 valence electrons. The zero-order valence-corrected chi connectivity index (χ0v) is 10.7. The van der Waals surface area contributed by atoms with Crippen LogP contribution in [0.25, 0.3) is 0 Å². The van der Waals surface area contributed by atoms with Gasteiger partial charge in [0.2, 0.25) is 10.0 Å². The number of halogens is 1. The van der Waals surface area contributed by atoms with Crippen molar-refractivity contribution in [3.05, 3.63) is 59.9 Å². The highest BCUT2D eigenvalue weighted by atomic mass is 32.2. The van der Waals surface area contributed by atoms with Crippen LogP contribution in [0.1, 0.15) is 5.56 Å². The second kappa shape index (κ2) is 5.38. The van der Waals surface area contributed by atoms with Crippen molar-refractivity contribution < 1.29 is 17.9 Å². The van der Waals surface area contributed by atoms with Gasteiger partial charge in [0, 0.05) is 12.1 Å². The first kappa shape index (κ1) is 13.5. The minimum atomic E-state index is -3.72. The van der Waals surface area contributed by atoms with Crippen LogP contribution in [0.5, 0.6) is 5.75 Å². The molecule has 0 unspecified atom stereocenters. The lowest BCUT2D eigenvalue weighted by atomic mass is 10.2. The van der Waals surface area contributed by atoms with Crippen LogP contribution < -0.4 is 4.72 Å². The summed E-state index contributed by atoms with van der Waals surface area (Å²) >= 11 is 0. The molecule has 0 aliphatic heterocycles. The Bertz CT molecular complexity index is 669. The number of aromatic hydroxyl groups is 1. The maximum Gasteiger partial charge on any atom is 0.240 e. The molecule has 0 saturated carbocycles. The summed E-state index contributed by atoms with van der Waals surface area (Å²) in [5, 5.41) is 9.10. The van der Waals surface area contributed by atoms with Crippen LogP contribution in [0.4, 0.5) is 4.39 Å². The average molecular weight is 281 g/mol. The molecule has 0 radical (unpaired) electrons. The van der Waals surface area contributed by atoms with Gasteiger partial charge < -0.3 is 5.11 Å². The molecule has 0 heterocycles. The van der Waals surface area contributed by atoms with Crippen LogP contribution in [0.15, 0.2) is 53.4 Å². The first-order valence-electron chi connectivity index (χ1n) is 5.51. The summed E-state index contributed by atoms with van der Waals surface area (Å²) in [6, 6.07) is 11.0. The van der Waals surface area contributed by atoms with Gasteiger partial charge in [0.05, 0.1) is 4.90 Å². The van der Waals surface area contributed by atoms with E-state index in [1.54, 1.807) is 6.07 Å². The lowest BCUT2D eigenvalue weighted by Crippen LogP contribution is -2.23. The summed E-state index contributed by atoms with van der Waals surface area (Å²) in [6.45, 7) is -0.129. The molecule has 0 fully saturated rings. The molecule has 0 bridgehead atoms. The van der Waals surface area contributed by atoms with E-state index >= 15 is 0 Å².